The lowest BCUT2D eigenvalue weighted by molar-refractivity contribution is 0.185. The third-order valence-electron chi connectivity index (χ3n) is 1.78. The predicted octanol–water partition coefficient (Wildman–Crippen LogP) is 2.17. The molecule has 0 heterocycles. The number of rotatable bonds is 2. The van der Waals surface area contributed by atoms with Crippen LogP contribution < -0.4 is 4.74 Å². The van der Waals surface area contributed by atoms with Crippen LogP contribution in [-0.4, -0.2) is 12.2 Å². The van der Waals surface area contributed by atoms with E-state index >= 15 is 0 Å². The first-order chi connectivity index (χ1) is 6.49. The van der Waals surface area contributed by atoms with Crippen LogP contribution in [0.5, 0.6) is 5.75 Å². The van der Waals surface area contributed by atoms with Crippen LogP contribution in [0.4, 0.5) is 13.2 Å². The molecule has 0 fully saturated rings. The molecule has 0 radical (unpaired) electrons. The van der Waals surface area contributed by atoms with E-state index in [9.17, 15) is 13.2 Å². The number of halogens is 3. The molecule has 0 bridgehead atoms. The van der Waals surface area contributed by atoms with Gasteiger partial charge in [-0.15, -0.1) is 0 Å². The lowest BCUT2D eigenvalue weighted by Crippen LogP contribution is -2.05. The van der Waals surface area contributed by atoms with E-state index in [1.807, 2.05) is 0 Å². The zero-order valence-electron chi connectivity index (χ0n) is 7.64. The van der Waals surface area contributed by atoms with Crippen molar-refractivity contribution in [3.05, 3.63) is 29.1 Å². The van der Waals surface area contributed by atoms with Gasteiger partial charge in [-0.1, -0.05) is 0 Å². The Morgan fingerprint density at radius 1 is 1.29 bits per heavy atom. The Morgan fingerprint density at radius 2 is 1.86 bits per heavy atom. The van der Waals surface area contributed by atoms with Gasteiger partial charge in [-0.2, -0.15) is 0 Å². The summed E-state index contributed by atoms with van der Waals surface area (Å²) in [7, 11) is 1.11. The number of aliphatic hydroxyl groups is 1. The van der Waals surface area contributed by atoms with Crippen LogP contribution in [0, 0.1) is 17.5 Å². The highest BCUT2D eigenvalue weighted by molar-refractivity contribution is 5.38. The number of hydrogen-bond donors (Lipinski definition) is 1. The molecule has 0 aliphatic carbocycles. The number of methoxy groups -OCH3 is 1. The van der Waals surface area contributed by atoms with E-state index in [-0.39, 0.29) is 0 Å². The van der Waals surface area contributed by atoms with Crippen molar-refractivity contribution in [2.24, 2.45) is 0 Å². The molecule has 2 nitrogen and oxygen atoms in total. The smallest absolute Gasteiger partial charge is 0.168 e. The molecule has 0 saturated carbocycles. The first-order valence-corrected chi connectivity index (χ1v) is 3.88. The fourth-order valence-corrected chi connectivity index (χ4v) is 1.18. The maximum Gasteiger partial charge on any atom is 0.168 e. The van der Waals surface area contributed by atoms with E-state index in [0.717, 1.165) is 7.11 Å². The molecule has 0 spiro atoms. The highest BCUT2D eigenvalue weighted by Crippen LogP contribution is 2.31. The van der Waals surface area contributed by atoms with Gasteiger partial charge in [0.2, 0.25) is 0 Å². The van der Waals surface area contributed by atoms with Gasteiger partial charge >= 0.3 is 0 Å². The molecule has 78 valence electrons. The van der Waals surface area contributed by atoms with Crippen LogP contribution >= 0.6 is 0 Å². The van der Waals surface area contributed by atoms with Crippen LogP contribution in [0.15, 0.2) is 6.07 Å². The average molecular weight is 206 g/mol. The van der Waals surface area contributed by atoms with Crippen LogP contribution in [0.2, 0.25) is 0 Å². The molecule has 1 aromatic carbocycles. The molecule has 1 unspecified atom stereocenters. The van der Waals surface area contributed by atoms with Gasteiger partial charge in [0.1, 0.15) is 0 Å². The number of hydrogen-bond acceptors (Lipinski definition) is 2. The zero-order valence-corrected chi connectivity index (χ0v) is 7.64. The second-order valence-electron chi connectivity index (χ2n) is 2.78. The molecule has 0 aliphatic rings. The third-order valence-corrected chi connectivity index (χ3v) is 1.78. The first-order valence-electron chi connectivity index (χ1n) is 3.88. The van der Waals surface area contributed by atoms with Gasteiger partial charge in [0.05, 0.1) is 18.8 Å². The maximum absolute atomic E-state index is 13.1. The Morgan fingerprint density at radius 3 is 2.29 bits per heavy atom. The van der Waals surface area contributed by atoms with Crippen molar-refractivity contribution < 1.29 is 23.0 Å². The van der Waals surface area contributed by atoms with Crippen LogP contribution in [0.3, 0.4) is 0 Å². The average Bonchev–Trinajstić information content (AvgIpc) is 2.10. The van der Waals surface area contributed by atoms with Gasteiger partial charge in [-0.3, -0.25) is 0 Å². The molecule has 1 atom stereocenters. The van der Waals surface area contributed by atoms with E-state index in [0.29, 0.717) is 6.07 Å². The summed E-state index contributed by atoms with van der Waals surface area (Å²) in [5, 5.41) is 9.11. The summed E-state index contributed by atoms with van der Waals surface area (Å²) in [5.41, 5.74) is -0.509. The van der Waals surface area contributed by atoms with Crippen molar-refractivity contribution in [1.82, 2.24) is 0 Å². The number of aliphatic hydroxyl groups excluding tert-OH is 1. The summed E-state index contributed by atoms with van der Waals surface area (Å²) in [5.74, 6) is -4.15. The fraction of sp³-hybridized carbons (Fsp3) is 0.333. The second-order valence-corrected chi connectivity index (χ2v) is 2.78. The summed E-state index contributed by atoms with van der Waals surface area (Å²) in [4.78, 5) is 0. The SMILES string of the molecule is COc1c(F)cc(F)c(F)c1C(C)O. The standard InChI is InChI=1S/C9H9F3O2/c1-4(13)7-8(12)5(10)3-6(11)9(7)14-2/h3-4,13H,1-2H3. The molecule has 0 aromatic heterocycles. The van der Waals surface area contributed by atoms with Gasteiger partial charge in [0, 0.05) is 6.07 Å². The van der Waals surface area contributed by atoms with Gasteiger partial charge < -0.3 is 9.84 Å². The minimum atomic E-state index is -1.35. The van der Waals surface area contributed by atoms with E-state index in [2.05, 4.69) is 4.74 Å². The molecule has 14 heavy (non-hydrogen) atoms. The Kier molecular flexibility index (Phi) is 3.00. The van der Waals surface area contributed by atoms with E-state index in [4.69, 9.17) is 5.11 Å². The molecule has 5 heteroatoms. The Bertz CT molecular complexity index is 350. The van der Waals surface area contributed by atoms with E-state index in [1.54, 1.807) is 0 Å². The number of benzene rings is 1. The molecule has 1 N–H and O–H groups in total. The van der Waals surface area contributed by atoms with Gasteiger partial charge in [-0.25, -0.2) is 13.2 Å². The van der Waals surface area contributed by atoms with Crippen molar-refractivity contribution in [2.45, 2.75) is 13.0 Å². The Labute approximate surface area is 78.9 Å². The summed E-state index contributed by atoms with van der Waals surface area (Å²) in [6, 6.07) is 0.375. The molecule has 0 saturated heterocycles. The normalized spacial score (nSPS) is 12.7. The lowest BCUT2D eigenvalue weighted by Gasteiger charge is -2.13. The quantitative estimate of drug-likeness (QED) is 0.751. The molecule has 0 aliphatic heterocycles. The fourth-order valence-electron chi connectivity index (χ4n) is 1.18. The Balaban J connectivity index is 3.48. The molecule has 1 aromatic rings. The topological polar surface area (TPSA) is 29.5 Å². The highest BCUT2D eigenvalue weighted by Gasteiger charge is 2.22. The van der Waals surface area contributed by atoms with Crippen molar-refractivity contribution in [3.63, 3.8) is 0 Å². The summed E-state index contributed by atoms with van der Waals surface area (Å²) < 4.78 is 43.4. The van der Waals surface area contributed by atoms with Crippen molar-refractivity contribution in [1.29, 1.82) is 0 Å². The van der Waals surface area contributed by atoms with Crippen molar-refractivity contribution >= 4 is 0 Å². The largest absolute Gasteiger partial charge is 0.493 e. The zero-order chi connectivity index (χ0) is 10.9. The minimum absolute atomic E-state index is 0.375. The first kappa shape index (κ1) is 10.8. The van der Waals surface area contributed by atoms with Crippen molar-refractivity contribution in [3.8, 4) is 5.75 Å². The molecule has 1 rings (SSSR count). The van der Waals surface area contributed by atoms with Gasteiger partial charge in [0.15, 0.2) is 23.2 Å². The van der Waals surface area contributed by atoms with Crippen LogP contribution in [0.25, 0.3) is 0 Å². The van der Waals surface area contributed by atoms with Crippen LogP contribution in [0.1, 0.15) is 18.6 Å². The number of ether oxygens (including phenoxy) is 1. The van der Waals surface area contributed by atoms with Crippen LogP contribution in [-0.2, 0) is 0 Å². The minimum Gasteiger partial charge on any atom is -0.493 e. The molecule has 0 amide bonds. The van der Waals surface area contributed by atoms with E-state index in [1.165, 1.54) is 6.92 Å². The van der Waals surface area contributed by atoms with E-state index < -0.39 is 34.9 Å². The maximum atomic E-state index is 13.1. The second kappa shape index (κ2) is 3.88. The summed E-state index contributed by atoms with van der Waals surface area (Å²) in [6.45, 7) is 1.19. The molecular weight excluding hydrogens is 197 g/mol. The van der Waals surface area contributed by atoms with Gasteiger partial charge in [-0.05, 0) is 6.92 Å². The molecular formula is C9H9F3O2. The predicted molar refractivity (Wildman–Crippen MR) is 43.5 cm³/mol. The monoisotopic (exact) mass is 206 g/mol. The highest BCUT2D eigenvalue weighted by atomic mass is 19.2. The summed E-state index contributed by atoms with van der Waals surface area (Å²) in [6.07, 6.45) is -1.34. The lowest BCUT2D eigenvalue weighted by atomic mass is 10.1. The van der Waals surface area contributed by atoms with Gasteiger partial charge in [0.25, 0.3) is 0 Å². The third kappa shape index (κ3) is 1.68. The Hall–Kier alpha value is -1.23. The van der Waals surface area contributed by atoms with Crippen molar-refractivity contribution in [2.75, 3.05) is 7.11 Å². The summed E-state index contributed by atoms with van der Waals surface area (Å²) >= 11 is 0.